The van der Waals surface area contributed by atoms with Crippen LogP contribution in [0.1, 0.15) is 5.82 Å². The molecule has 2 unspecified atom stereocenters. The summed E-state index contributed by atoms with van der Waals surface area (Å²) in [5.74, 6) is -4.60. The van der Waals surface area contributed by atoms with E-state index in [2.05, 4.69) is 20.2 Å². The summed E-state index contributed by atoms with van der Waals surface area (Å²) in [7, 11) is 0. The van der Waals surface area contributed by atoms with Crippen LogP contribution in [0.25, 0.3) is 17.2 Å². The first-order valence-corrected chi connectivity index (χ1v) is 11.2. The number of carbonyl (C=O) groups is 1. The minimum atomic E-state index is -5.18. The number of amides is 1. The number of alkyl halides is 4. The molecule has 16 heteroatoms. The molecule has 1 amide bonds. The highest BCUT2D eigenvalue weighted by Crippen LogP contribution is 2.32. The van der Waals surface area contributed by atoms with Crippen molar-refractivity contribution in [2.45, 2.75) is 25.4 Å². The first-order chi connectivity index (χ1) is 17.5. The van der Waals surface area contributed by atoms with Gasteiger partial charge in [-0.2, -0.15) is 13.2 Å². The van der Waals surface area contributed by atoms with Crippen molar-refractivity contribution < 1.29 is 22.4 Å². The van der Waals surface area contributed by atoms with Crippen LogP contribution < -0.4 is 11.4 Å². The summed E-state index contributed by atoms with van der Waals surface area (Å²) < 4.78 is 57.8. The third-order valence-corrected chi connectivity index (χ3v) is 5.78. The Bertz CT molecular complexity index is 1480. The highest BCUT2D eigenvalue weighted by atomic mass is 35.5. The third kappa shape index (κ3) is 5.64. The lowest BCUT2D eigenvalue weighted by Crippen LogP contribution is -2.44. The number of carbonyl (C=O) groups excluding carboxylic acids is 1. The number of aromatic nitrogens is 7. The molecular weight excluding hydrogens is 543 g/mol. The van der Waals surface area contributed by atoms with Crippen molar-refractivity contribution in [3.63, 3.8) is 0 Å². The van der Waals surface area contributed by atoms with E-state index in [9.17, 15) is 27.2 Å². The van der Waals surface area contributed by atoms with Crippen molar-refractivity contribution in [2.24, 2.45) is 11.7 Å². The quantitative estimate of drug-likeness (QED) is 0.331. The van der Waals surface area contributed by atoms with Crippen LogP contribution in [-0.4, -0.2) is 52.4 Å². The zero-order chi connectivity index (χ0) is 26.9. The van der Waals surface area contributed by atoms with Crippen molar-refractivity contribution in [1.29, 1.82) is 0 Å². The normalized spacial score (nSPS) is 13.5. The molecule has 0 aliphatic heterocycles. The lowest BCUT2D eigenvalue weighted by atomic mass is 10.0. The minimum Gasteiger partial charge on any atom is -0.367 e. The van der Waals surface area contributed by atoms with Crippen molar-refractivity contribution in [2.75, 3.05) is 0 Å². The molecule has 2 atom stereocenters. The highest BCUT2D eigenvalue weighted by Gasteiger charge is 2.48. The number of halogens is 6. The summed E-state index contributed by atoms with van der Waals surface area (Å²) in [4.78, 5) is 32.5. The topological polar surface area (TPSA) is 127 Å². The Kier molecular flexibility index (Phi) is 7.32. The fourth-order valence-electron chi connectivity index (χ4n) is 3.43. The number of nitrogens with zero attached hydrogens (tertiary/aromatic N) is 7. The third-order valence-electron chi connectivity index (χ3n) is 5.24. The number of hydrogen-bond acceptors (Lipinski definition) is 6. The zero-order valence-corrected chi connectivity index (χ0v) is 20.0. The molecule has 194 valence electrons. The molecule has 4 rings (SSSR count). The molecule has 0 aliphatic rings. The van der Waals surface area contributed by atoms with E-state index < -0.39 is 36.4 Å². The molecule has 1 aromatic carbocycles. The van der Waals surface area contributed by atoms with Gasteiger partial charge in [0.15, 0.2) is 23.6 Å². The van der Waals surface area contributed by atoms with Crippen LogP contribution in [0.15, 0.2) is 53.7 Å². The predicted octanol–water partition coefficient (Wildman–Crippen LogP) is 3.04. The first kappa shape index (κ1) is 26.3. The van der Waals surface area contributed by atoms with Gasteiger partial charge in [0.05, 0.1) is 5.02 Å². The Morgan fingerprint density at radius 1 is 1.08 bits per heavy atom. The van der Waals surface area contributed by atoms with E-state index in [1.54, 1.807) is 12.1 Å². The van der Waals surface area contributed by atoms with Crippen LogP contribution >= 0.6 is 23.2 Å². The van der Waals surface area contributed by atoms with Crippen LogP contribution in [0.5, 0.6) is 0 Å². The van der Waals surface area contributed by atoms with E-state index in [-0.39, 0.29) is 34.6 Å². The Labute approximate surface area is 215 Å². The van der Waals surface area contributed by atoms with Gasteiger partial charge in [-0.1, -0.05) is 23.2 Å². The number of rotatable bonds is 8. The van der Waals surface area contributed by atoms with Crippen LogP contribution in [0.2, 0.25) is 10.0 Å². The Balaban J connectivity index is 1.75. The average Bonchev–Trinajstić information content (AvgIpc) is 3.42. The fourth-order valence-corrected chi connectivity index (χ4v) is 3.76. The molecule has 0 bridgehead atoms. The molecule has 0 fully saturated rings. The second-order valence-electron chi connectivity index (χ2n) is 7.75. The van der Waals surface area contributed by atoms with Crippen LogP contribution in [0, 0.1) is 5.92 Å². The summed E-state index contributed by atoms with van der Waals surface area (Å²) in [6.07, 6.45) is -5.51. The van der Waals surface area contributed by atoms with Gasteiger partial charge < -0.3 is 5.73 Å². The number of pyridine rings is 1. The van der Waals surface area contributed by atoms with E-state index in [1.807, 2.05) is 0 Å². The standard InChI is InChI=1S/C21H16Cl2F4N8O2/c22-12-5-3-11(4-6-12)18-32-34(9-15-30-10-35(31-15)19-14(23)2-1-7-29-19)20(37)33(18)8-13(21(25,26)27)16(24)17(28)36/h1-7,10,13,16H,8-9H2,(H2,28,36). The lowest BCUT2D eigenvalue weighted by molar-refractivity contribution is -0.196. The number of hydrogen-bond donors (Lipinski definition) is 1. The van der Waals surface area contributed by atoms with Gasteiger partial charge in [-0.25, -0.2) is 28.5 Å². The average molecular weight is 559 g/mol. The van der Waals surface area contributed by atoms with Gasteiger partial charge in [-0.3, -0.25) is 9.36 Å². The molecule has 0 saturated carbocycles. The maximum Gasteiger partial charge on any atom is 0.396 e. The Morgan fingerprint density at radius 3 is 2.41 bits per heavy atom. The van der Waals surface area contributed by atoms with E-state index in [1.165, 1.54) is 41.5 Å². The summed E-state index contributed by atoms with van der Waals surface area (Å²) >= 11 is 12.0. The van der Waals surface area contributed by atoms with Crippen molar-refractivity contribution >= 4 is 29.1 Å². The zero-order valence-electron chi connectivity index (χ0n) is 18.5. The molecule has 0 aliphatic carbocycles. The van der Waals surface area contributed by atoms with Crippen LogP contribution in [0.3, 0.4) is 0 Å². The second-order valence-corrected chi connectivity index (χ2v) is 8.59. The van der Waals surface area contributed by atoms with E-state index in [0.29, 0.717) is 9.59 Å². The maximum atomic E-state index is 14.2. The predicted molar refractivity (Wildman–Crippen MR) is 124 cm³/mol. The smallest absolute Gasteiger partial charge is 0.367 e. The number of nitrogens with two attached hydrogens (primary N) is 1. The maximum absolute atomic E-state index is 14.2. The highest BCUT2D eigenvalue weighted by molar-refractivity contribution is 6.32. The Hall–Kier alpha value is -3.78. The molecule has 0 radical (unpaired) electrons. The monoisotopic (exact) mass is 558 g/mol. The lowest BCUT2D eigenvalue weighted by Gasteiger charge is -2.22. The minimum absolute atomic E-state index is 0.0593. The van der Waals surface area contributed by atoms with Crippen molar-refractivity contribution in [1.82, 2.24) is 34.1 Å². The van der Waals surface area contributed by atoms with Crippen LogP contribution in [-0.2, 0) is 17.9 Å². The van der Waals surface area contributed by atoms with E-state index in [0.717, 1.165) is 4.68 Å². The molecule has 3 heterocycles. The summed E-state index contributed by atoms with van der Waals surface area (Å²) in [6.45, 7) is -1.61. The molecule has 2 N–H and O–H groups in total. The summed E-state index contributed by atoms with van der Waals surface area (Å²) in [5, 5.41) is 8.92. The van der Waals surface area contributed by atoms with E-state index >= 15 is 0 Å². The van der Waals surface area contributed by atoms with Crippen molar-refractivity contribution in [3.05, 3.63) is 75.3 Å². The van der Waals surface area contributed by atoms with Gasteiger partial charge >= 0.3 is 11.9 Å². The Morgan fingerprint density at radius 2 is 1.78 bits per heavy atom. The van der Waals surface area contributed by atoms with Gasteiger partial charge in [-0.05, 0) is 36.4 Å². The van der Waals surface area contributed by atoms with Gasteiger partial charge in [0.2, 0.25) is 0 Å². The fraction of sp³-hybridized carbons (Fsp3) is 0.238. The largest absolute Gasteiger partial charge is 0.396 e. The van der Waals surface area contributed by atoms with Crippen molar-refractivity contribution in [3.8, 4) is 17.2 Å². The van der Waals surface area contributed by atoms with Crippen LogP contribution in [0.4, 0.5) is 17.6 Å². The van der Waals surface area contributed by atoms with Gasteiger partial charge in [-0.15, -0.1) is 10.2 Å². The summed E-state index contributed by atoms with van der Waals surface area (Å²) in [5.41, 5.74) is 3.98. The molecule has 0 saturated heterocycles. The molecule has 10 nitrogen and oxygen atoms in total. The number of benzene rings is 1. The molecule has 0 spiro atoms. The van der Waals surface area contributed by atoms with Gasteiger partial charge in [0.1, 0.15) is 18.8 Å². The van der Waals surface area contributed by atoms with Gasteiger partial charge in [0, 0.05) is 23.3 Å². The SMILES string of the molecule is NC(=O)C(F)C(Cn1c(-c2ccc(Cl)cc2)nn(Cc2ncn(-c3ncccc3Cl)n2)c1=O)C(F)(F)F. The molecule has 37 heavy (non-hydrogen) atoms. The molecular formula is C21H16Cl2F4N8O2. The number of primary amides is 1. The summed E-state index contributed by atoms with van der Waals surface area (Å²) in [6, 6.07) is 8.91. The molecule has 4 aromatic rings. The first-order valence-electron chi connectivity index (χ1n) is 10.4. The molecule has 3 aromatic heterocycles. The van der Waals surface area contributed by atoms with E-state index in [4.69, 9.17) is 28.9 Å². The second kappa shape index (κ2) is 10.3. The van der Waals surface area contributed by atoms with Gasteiger partial charge in [0.25, 0.3) is 5.91 Å².